The molecule has 3 heteroatoms. The van der Waals surface area contributed by atoms with Gasteiger partial charge in [0.15, 0.2) is 0 Å². The number of anilines is 1. The second-order valence-corrected chi connectivity index (χ2v) is 5.07. The van der Waals surface area contributed by atoms with Crippen molar-refractivity contribution in [2.75, 3.05) is 18.4 Å². The minimum atomic E-state index is 0.354. The topological polar surface area (TPSA) is 58.3 Å². The summed E-state index contributed by atoms with van der Waals surface area (Å²) >= 11 is 0. The van der Waals surface area contributed by atoms with E-state index in [4.69, 9.17) is 5.73 Å². The first-order chi connectivity index (χ1) is 7.95. The summed E-state index contributed by atoms with van der Waals surface area (Å²) in [6.07, 6.45) is 0. The van der Waals surface area contributed by atoms with E-state index < -0.39 is 0 Å². The first kappa shape index (κ1) is 13.8. The standard InChI is InChI=1S/C14H24N2O/c1-9(2)12(7-15)8-16-13-5-11(4)14(17)6-10(13)3/h5-6,9,12,16-17H,7-8,15H2,1-4H3. The molecule has 0 saturated carbocycles. The van der Waals surface area contributed by atoms with Gasteiger partial charge >= 0.3 is 0 Å². The molecule has 0 aliphatic rings. The Balaban J connectivity index is 2.72. The summed E-state index contributed by atoms with van der Waals surface area (Å²) in [6, 6.07) is 3.78. The molecule has 1 aromatic rings. The maximum absolute atomic E-state index is 9.59. The van der Waals surface area contributed by atoms with Gasteiger partial charge in [-0.3, -0.25) is 0 Å². The van der Waals surface area contributed by atoms with E-state index in [-0.39, 0.29) is 0 Å². The van der Waals surface area contributed by atoms with Gasteiger partial charge in [0, 0.05) is 12.2 Å². The van der Waals surface area contributed by atoms with Crippen LogP contribution >= 0.6 is 0 Å². The fourth-order valence-corrected chi connectivity index (χ4v) is 1.82. The summed E-state index contributed by atoms with van der Waals surface area (Å²) in [4.78, 5) is 0. The van der Waals surface area contributed by atoms with Crippen molar-refractivity contribution in [3.05, 3.63) is 23.3 Å². The number of hydrogen-bond donors (Lipinski definition) is 3. The molecule has 0 heterocycles. The van der Waals surface area contributed by atoms with Crippen LogP contribution in [-0.2, 0) is 0 Å². The lowest BCUT2D eigenvalue weighted by molar-refractivity contribution is 0.413. The second-order valence-electron chi connectivity index (χ2n) is 5.07. The van der Waals surface area contributed by atoms with Gasteiger partial charge in [0.25, 0.3) is 0 Å². The third kappa shape index (κ3) is 3.63. The van der Waals surface area contributed by atoms with E-state index in [0.29, 0.717) is 24.1 Å². The molecular weight excluding hydrogens is 212 g/mol. The number of aryl methyl sites for hydroxylation is 2. The number of phenolic OH excluding ortho intramolecular Hbond substituents is 1. The molecule has 0 aliphatic carbocycles. The third-order valence-corrected chi connectivity index (χ3v) is 3.34. The van der Waals surface area contributed by atoms with Crippen LogP contribution in [0.2, 0.25) is 0 Å². The molecule has 4 N–H and O–H groups in total. The number of benzene rings is 1. The van der Waals surface area contributed by atoms with Crippen LogP contribution in [0.4, 0.5) is 5.69 Å². The van der Waals surface area contributed by atoms with Crippen molar-refractivity contribution >= 4 is 5.69 Å². The maximum Gasteiger partial charge on any atom is 0.118 e. The number of hydrogen-bond acceptors (Lipinski definition) is 3. The van der Waals surface area contributed by atoms with Crippen molar-refractivity contribution in [1.29, 1.82) is 0 Å². The molecule has 1 unspecified atom stereocenters. The third-order valence-electron chi connectivity index (χ3n) is 3.34. The molecule has 1 atom stereocenters. The molecule has 0 spiro atoms. The van der Waals surface area contributed by atoms with Crippen molar-refractivity contribution < 1.29 is 5.11 Å². The maximum atomic E-state index is 9.59. The van der Waals surface area contributed by atoms with Gasteiger partial charge < -0.3 is 16.2 Å². The number of phenols is 1. The number of rotatable bonds is 5. The first-order valence-electron chi connectivity index (χ1n) is 6.19. The molecular formula is C14H24N2O. The van der Waals surface area contributed by atoms with Crippen molar-refractivity contribution in [3.8, 4) is 5.75 Å². The van der Waals surface area contributed by atoms with Crippen molar-refractivity contribution in [3.63, 3.8) is 0 Å². The molecule has 17 heavy (non-hydrogen) atoms. The quantitative estimate of drug-likeness (QED) is 0.689. The highest BCUT2D eigenvalue weighted by Gasteiger charge is 2.12. The van der Waals surface area contributed by atoms with Crippen LogP contribution in [0.1, 0.15) is 25.0 Å². The van der Waals surface area contributed by atoms with Gasteiger partial charge in [-0.15, -0.1) is 0 Å². The van der Waals surface area contributed by atoms with E-state index in [1.807, 2.05) is 19.9 Å². The molecule has 0 aliphatic heterocycles. The predicted molar refractivity (Wildman–Crippen MR) is 73.5 cm³/mol. The summed E-state index contributed by atoms with van der Waals surface area (Å²) in [5, 5.41) is 13.0. The monoisotopic (exact) mass is 236 g/mol. The van der Waals surface area contributed by atoms with Gasteiger partial charge in [0.2, 0.25) is 0 Å². The molecule has 0 radical (unpaired) electrons. The molecule has 1 rings (SSSR count). The fraction of sp³-hybridized carbons (Fsp3) is 0.571. The lowest BCUT2D eigenvalue weighted by atomic mass is 9.96. The molecule has 3 nitrogen and oxygen atoms in total. The minimum Gasteiger partial charge on any atom is -0.508 e. The summed E-state index contributed by atoms with van der Waals surface area (Å²) in [5.41, 5.74) is 8.79. The van der Waals surface area contributed by atoms with Crippen molar-refractivity contribution in [1.82, 2.24) is 0 Å². The molecule has 96 valence electrons. The zero-order chi connectivity index (χ0) is 13.0. The van der Waals surface area contributed by atoms with Gasteiger partial charge in [-0.25, -0.2) is 0 Å². The molecule has 0 amide bonds. The highest BCUT2D eigenvalue weighted by Crippen LogP contribution is 2.25. The van der Waals surface area contributed by atoms with Crippen LogP contribution in [0.25, 0.3) is 0 Å². The molecule has 0 bridgehead atoms. The Kier molecular flexibility index (Phi) is 4.82. The van der Waals surface area contributed by atoms with E-state index in [0.717, 1.165) is 23.4 Å². The van der Waals surface area contributed by atoms with Crippen LogP contribution in [0.3, 0.4) is 0 Å². The largest absolute Gasteiger partial charge is 0.508 e. The Labute approximate surface area is 104 Å². The highest BCUT2D eigenvalue weighted by atomic mass is 16.3. The zero-order valence-electron chi connectivity index (χ0n) is 11.2. The lowest BCUT2D eigenvalue weighted by Gasteiger charge is -2.21. The molecule has 1 aromatic carbocycles. The number of nitrogens with two attached hydrogens (primary N) is 1. The van der Waals surface area contributed by atoms with E-state index in [1.54, 1.807) is 6.07 Å². The number of nitrogens with one attached hydrogen (secondary N) is 1. The van der Waals surface area contributed by atoms with Crippen LogP contribution in [0.15, 0.2) is 12.1 Å². The van der Waals surface area contributed by atoms with Crippen LogP contribution in [-0.4, -0.2) is 18.2 Å². The number of aromatic hydroxyl groups is 1. The van der Waals surface area contributed by atoms with Crippen LogP contribution < -0.4 is 11.1 Å². The van der Waals surface area contributed by atoms with Gasteiger partial charge in [-0.05, 0) is 55.5 Å². The smallest absolute Gasteiger partial charge is 0.118 e. The van der Waals surface area contributed by atoms with E-state index in [2.05, 4.69) is 19.2 Å². The Morgan fingerprint density at radius 1 is 1.24 bits per heavy atom. The van der Waals surface area contributed by atoms with Crippen molar-refractivity contribution in [2.24, 2.45) is 17.6 Å². The Morgan fingerprint density at radius 3 is 2.41 bits per heavy atom. The summed E-state index contributed by atoms with van der Waals surface area (Å²) in [7, 11) is 0. The average Bonchev–Trinajstić information content (AvgIpc) is 2.25. The molecule has 0 fully saturated rings. The Bertz CT molecular complexity index is 375. The summed E-state index contributed by atoms with van der Waals surface area (Å²) in [6.45, 7) is 9.85. The van der Waals surface area contributed by atoms with E-state index in [9.17, 15) is 5.11 Å². The zero-order valence-corrected chi connectivity index (χ0v) is 11.2. The van der Waals surface area contributed by atoms with E-state index >= 15 is 0 Å². The van der Waals surface area contributed by atoms with E-state index in [1.165, 1.54) is 0 Å². The molecule has 0 aromatic heterocycles. The van der Waals surface area contributed by atoms with Crippen molar-refractivity contribution in [2.45, 2.75) is 27.7 Å². The first-order valence-corrected chi connectivity index (χ1v) is 6.19. The fourth-order valence-electron chi connectivity index (χ4n) is 1.82. The second kappa shape index (κ2) is 5.92. The lowest BCUT2D eigenvalue weighted by Crippen LogP contribution is -2.27. The van der Waals surface area contributed by atoms with Gasteiger partial charge in [-0.2, -0.15) is 0 Å². The van der Waals surface area contributed by atoms with Crippen LogP contribution in [0.5, 0.6) is 5.75 Å². The van der Waals surface area contributed by atoms with Gasteiger partial charge in [0.05, 0.1) is 0 Å². The van der Waals surface area contributed by atoms with Gasteiger partial charge in [-0.1, -0.05) is 13.8 Å². The van der Waals surface area contributed by atoms with Crippen LogP contribution in [0, 0.1) is 25.7 Å². The minimum absolute atomic E-state index is 0.354. The normalized spacial score (nSPS) is 12.8. The Morgan fingerprint density at radius 2 is 1.88 bits per heavy atom. The molecule has 0 saturated heterocycles. The SMILES string of the molecule is Cc1cc(NCC(CN)C(C)C)c(C)cc1O. The summed E-state index contributed by atoms with van der Waals surface area (Å²) < 4.78 is 0. The Hall–Kier alpha value is -1.22. The van der Waals surface area contributed by atoms with Gasteiger partial charge in [0.1, 0.15) is 5.75 Å². The summed E-state index contributed by atoms with van der Waals surface area (Å²) in [5.74, 6) is 1.40. The average molecular weight is 236 g/mol. The highest BCUT2D eigenvalue weighted by molar-refractivity contribution is 5.56. The predicted octanol–water partition coefficient (Wildman–Crippen LogP) is 2.65.